The van der Waals surface area contributed by atoms with Gasteiger partial charge >= 0.3 is 0 Å². The van der Waals surface area contributed by atoms with Crippen molar-refractivity contribution in [1.82, 2.24) is 5.32 Å². The molecule has 1 saturated carbocycles. The molecule has 2 nitrogen and oxygen atoms in total. The van der Waals surface area contributed by atoms with Gasteiger partial charge in [0.2, 0.25) is 0 Å². The lowest BCUT2D eigenvalue weighted by atomic mass is 9.71. The molecular weight excluding hydrogens is 232 g/mol. The number of rotatable bonds is 4. The van der Waals surface area contributed by atoms with E-state index in [2.05, 4.69) is 17.4 Å². The van der Waals surface area contributed by atoms with Crippen molar-refractivity contribution in [1.29, 1.82) is 0 Å². The van der Waals surface area contributed by atoms with Crippen LogP contribution in [0.3, 0.4) is 0 Å². The summed E-state index contributed by atoms with van der Waals surface area (Å²) in [7, 11) is 0. The molecule has 0 heterocycles. The molecule has 0 aliphatic heterocycles. The van der Waals surface area contributed by atoms with Crippen molar-refractivity contribution in [3.8, 4) is 0 Å². The van der Waals surface area contributed by atoms with E-state index in [4.69, 9.17) is 17.3 Å². The first kappa shape index (κ1) is 12.9. The average molecular weight is 253 g/mol. The van der Waals surface area contributed by atoms with Crippen molar-refractivity contribution in [2.75, 3.05) is 6.54 Å². The third-order valence-corrected chi connectivity index (χ3v) is 3.70. The van der Waals surface area contributed by atoms with Gasteiger partial charge < -0.3 is 11.1 Å². The average Bonchev–Trinajstić information content (AvgIpc) is 2.14. The minimum atomic E-state index is -0.179. The number of nitrogens with one attached hydrogen (secondary N) is 1. The van der Waals surface area contributed by atoms with Crippen molar-refractivity contribution < 1.29 is 0 Å². The van der Waals surface area contributed by atoms with Gasteiger partial charge in [0, 0.05) is 22.6 Å². The van der Waals surface area contributed by atoms with Gasteiger partial charge in [-0.1, -0.05) is 23.7 Å². The van der Waals surface area contributed by atoms with E-state index in [0.717, 1.165) is 11.6 Å². The Bertz CT molecular complexity index is 391. The second kappa shape index (κ2) is 4.60. The van der Waals surface area contributed by atoms with Gasteiger partial charge in [-0.3, -0.25) is 0 Å². The molecule has 3 N–H and O–H groups in total. The summed E-state index contributed by atoms with van der Waals surface area (Å²) >= 11 is 6.07. The predicted molar refractivity (Wildman–Crippen MR) is 73.3 cm³/mol. The number of benzene rings is 1. The number of halogens is 1. The highest BCUT2D eigenvalue weighted by atomic mass is 35.5. The molecule has 0 aromatic heterocycles. The predicted octanol–water partition coefficient (Wildman–Crippen LogP) is 3.05. The van der Waals surface area contributed by atoms with Crippen molar-refractivity contribution in [3.63, 3.8) is 0 Å². The van der Waals surface area contributed by atoms with Gasteiger partial charge in [0.15, 0.2) is 0 Å². The molecule has 17 heavy (non-hydrogen) atoms. The van der Waals surface area contributed by atoms with Crippen LogP contribution in [0.1, 0.15) is 38.7 Å². The van der Waals surface area contributed by atoms with Crippen molar-refractivity contribution in [2.24, 2.45) is 5.73 Å². The molecule has 0 saturated heterocycles. The Morgan fingerprint density at radius 2 is 2.12 bits per heavy atom. The monoisotopic (exact) mass is 252 g/mol. The number of hydrogen-bond donors (Lipinski definition) is 2. The Labute approximate surface area is 109 Å². The van der Waals surface area contributed by atoms with Crippen molar-refractivity contribution in [3.05, 3.63) is 34.9 Å². The second-order valence-corrected chi connectivity index (χ2v) is 6.22. The lowest BCUT2D eigenvalue weighted by Crippen LogP contribution is -2.54. The van der Waals surface area contributed by atoms with E-state index in [0.29, 0.717) is 0 Å². The highest BCUT2D eigenvalue weighted by Crippen LogP contribution is 2.41. The molecule has 0 amide bonds. The first-order valence-electron chi connectivity index (χ1n) is 6.21. The lowest BCUT2D eigenvalue weighted by Gasteiger charge is -2.45. The van der Waals surface area contributed by atoms with Gasteiger partial charge in [0.05, 0.1) is 0 Å². The fourth-order valence-corrected chi connectivity index (χ4v) is 2.47. The van der Waals surface area contributed by atoms with E-state index in [1.54, 1.807) is 0 Å². The second-order valence-electron chi connectivity index (χ2n) is 5.79. The zero-order valence-electron chi connectivity index (χ0n) is 10.6. The summed E-state index contributed by atoms with van der Waals surface area (Å²) in [6.45, 7) is 4.91. The van der Waals surface area contributed by atoms with E-state index >= 15 is 0 Å². The van der Waals surface area contributed by atoms with Crippen LogP contribution in [0.25, 0.3) is 0 Å². The summed E-state index contributed by atoms with van der Waals surface area (Å²) < 4.78 is 0. The standard InChI is InChI=1S/C14H21ClN2/c1-13(2,16)10-17-14(7-4-8-14)11-5-3-6-12(15)9-11/h3,5-6,9,17H,4,7-8,10,16H2,1-2H3. The number of hydrogen-bond acceptors (Lipinski definition) is 2. The van der Waals surface area contributed by atoms with Crippen LogP contribution in [0.2, 0.25) is 5.02 Å². The molecule has 1 fully saturated rings. The van der Waals surface area contributed by atoms with Gasteiger partial charge in [-0.05, 0) is 50.8 Å². The molecule has 1 aliphatic rings. The third-order valence-electron chi connectivity index (χ3n) is 3.47. The first-order valence-corrected chi connectivity index (χ1v) is 6.59. The van der Waals surface area contributed by atoms with Gasteiger partial charge in [0.25, 0.3) is 0 Å². The summed E-state index contributed by atoms with van der Waals surface area (Å²) in [6.07, 6.45) is 3.61. The van der Waals surface area contributed by atoms with Crippen LogP contribution in [0.15, 0.2) is 24.3 Å². The van der Waals surface area contributed by atoms with Gasteiger partial charge in [0.1, 0.15) is 0 Å². The maximum atomic E-state index is 6.07. The van der Waals surface area contributed by atoms with Crippen LogP contribution < -0.4 is 11.1 Å². The van der Waals surface area contributed by atoms with Gasteiger partial charge in [-0.15, -0.1) is 0 Å². The Morgan fingerprint density at radius 1 is 1.41 bits per heavy atom. The van der Waals surface area contributed by atoms with E-state index in [1.165, 1.54) is 24.8 Å². The summed E-state index contributed by atoms with van der Waals surface area (Å²) in [6, 6.07) is 8.16. The molecule has 0 radical (unpaired) electrons. The van der Waals surface area contributed by atoms with Crippen LogP contribution in [-0.2, 0) is 5.54 Å². The molecule has 3 heteroatoms. The topological polar surface area (TPSA) is 38.0 Å². The summed E-state index contributed by atoms with van der Waals surface area (Å²) in [4.78, 5) is 0. The third kappa shape index (κ3) is 3.01. The highest BCUT2D eigenvalue weighted by molar-refractivity contribution is 6.30. The van der Waals surface area contributed by atoms with E-state index in [-0.39, 0.29) is 11.1 Å². The van der Waals surface area contributed by atoms with Crippen LogP contribution in [-0.4, -0.2) is 12.1 Å². The van der Waals surface area contributed by atoms with Gasteiger partial charge in [-0.25, -0.2) is 0 Å². The molecule has 0 spiro atoms. The minimum Gasteiger partial charge on any atom is -0.324 e. The largest absolute Gasteiger partial charge is 0.324 e. The molecule has 1 aromatic carbocycles. The molecule has 1 aliphatic carbocycles. The Kier molecular flexibility index (Phi) is 3.48. The van der Waals surface area contributed by atoms with E-state index in [1.807, 2.05) is 26.0 Å². The maximum absolute atomic E-state index is 6.07. The normalized spacial score (nSPS) is 18.8. The minimum absolute atomic E-state index is 0.0987. The Balaban J connectivity index is 2.14. The van der Waals surface area contributed by atoms with Crippen LogP contribution in [0, 0.1) is 0 Å². The lowest BCUT2D eigenvalue weighted by molar-refractivity contribution is 0.174. The summed E-state index contributed by atoms with van der Waals surface area (Å²) in [5.41, 5.74) is 7.25. The smallest absolute Gasteiger partial charge is 0.0435 e. The molecule has 2 rings (SSSR count). The molecular formula is C14H21ClN2. The highest BCUT2D eigenvalue weighted by Gasteiger charge is 2.38. The number of nitrogens with two attached hydrogens (primary N) is 1. The summed E-state index contributed by atoms with van der Waals surface area (Å²) in [5.74, 6) is 0. The van der Waals surface area contributed by atoms with E-state index in [9.17, 15) is 0 Å². The van der Waals surface area contributed by atoms with Crippen LogP contribution in [0.5, 0.6) is 0 Å². The Morgan fingerprint density at radius 3 is 2.59 bits per heavy atom. The first-order chi connectivity index (χ1) is 7.91. The molecule has 94 valence electrons. The zero-order valence-corrected chi connectivity index (χ0v) is 11.3. The van der Waals surface area contributed by atoms with Crippen molar-refractivity contribution in [2.45, 2.75) is 44.2 Å². The maximum Gasteiger partial charge on any atom is 0.0435 e. The Hall–Kier alpha value is -0.570. The molecule has 1 aromatic rings. The summed E-state index contributed by atoms with van der Waals surface area (Å²) in [5, 5.41) is 4.44. The fraction of sp³-hybridized carbons (Fsp3) is 0.571. The molecule has 0 unspecified atom stereocenters. The van der Waals surface area contributed by atoms with Crippen LogP contribution >= 0.6 is 11.6 Å². The molecule has 0 bridgehead atoms. The fourth-order valence-electron chi connectivity index (χ4n) is 2.28. The van der Waals surface area contributed by atoms with Gasteiger partial charge in [-0.2, -0.15) is 0 Å². The van der Waals surface area contributed by atoms with E-state index < -0.39 is 0 Å². The molecule has 0 atom stereocenters. The van der Waals surface area contributed by atoms with Crippen LogP contribution in [0.4, 0.5) is 0 Å². The quantitative estimate of drug-likeness (QED) is 0.865. The SMILES string of the molecule is CC(C)(N)CNC1(c2cccc(Cl)c2)CCC1. The van der Waals surface area contributed by atoms with Crippen molar-refractivity contribution >= 4 is 11.6 Å². The zero-order chi connectivity index (χ0) is 12.5.